The first-order chi connectivity index (χ1) is 16.2. The SMILES string of the molecule is COc1ccc(-c2nccc([C@H]3CCCN3C(=O)c3ccccc3Cn3ccnc3)n2)cc1. The molecule has 2 aromatic carbocycles. The van der Waals surface area contributed by atoms with E-state index in [1.807, 2.05) is 70.3 Å². The third kappa shape index (κ3) is 4.35. The molecule has 1 atom stereocenters. The van der Waals surface area contributed by atoms with E-state index < -0.39 is 0 Å². The summed E-state index contributed by atoms with van der Waals surface area (Å²) in [6.45, 7) is 1.32. The highest BCUT2D eigenvalue weighted by molar-refractivity contribution is 5.96. The monoisotopic (exact) mass is 439 g/mol. The molecular formula is C26H25N5O2. The molecular weight excluding hydrogens is 414 g/mol. The van der Waals surface area contributed by atoms with Crippen LogP contribution < -0.4 is 4.74 Å². The fourth-order valence-electron chi connectivity index (χ4n) is 4.35. The van der Waals surface area contributed by atoms with Gasteiger partial charge in [-0.2, -0.15) is 0 Å². The summed E-state index contributed by atoms with van der Waals surface area (Å²) in [5.74, 6) is 1.48. The van der Waals surface area contributed by atoms with Crippen molar-refractivity contribution < 1.29 is 9.53 Å². The maximum Gasteiger partial charge on any atom is 0.254 e. The summed E-state index contributed by atoms with van der Waals surface area (Å²) in [5.41, 5.74) is 3.49. The van der Waals surface area contributed by atoms with Gasteiger partial charge in [-0.15, -0.1) is 0 Å². The van der Waals surface area contributed by atoms with Crippen LogP contribution in [0.3, 0.4) is 0 Å². The predicted octanol–water partition coefficient (Wildman–Crippen LogP) is 4.37. The van der Waals surface area contributed by atoms with Crippen LogP contribution in [0.1, 0.15) is 40.5 Å². The molecule has 0 radical (unpaired) electrons. The van der Waals surface area contributed by atoms with Gasteiger partial charge in [-0.25, -0.2) is 15.0 Å². The van der Waals surface area contributed by atoms with E-state index in [1.54, 1.807) is 25.8 Å². The number of amides is 1. The average molecular weight is 440 g/mol. The Morgan fingerprint density at radius 1 is 1.09 bits per heavy atom. The first-order valence-corrected chi connectivity index (χ1v) is 11.0. The van der Waals surface area contributed by atoms with Gasteiger partial charge in [0.2, 0.25) is 0 Å². The van der Waals surface area contributed by atoms with Crippen molar-refractivity contribution in [1.82, 2.24) is 24.4 Å². The molecule has 1 amide bonds. The standard InChI is InChI=1S/C26H25N5O2/c1-33-21-10-8-19(9-11-21)25-28-13-12-23(29-25)24-7-4-15-31(24)26(32)22-6-3-2-5-20(22)17-30-16-14-27-18-30/h2-3,5-6,8-14,16,18,24H,4,7,15,17H2,1H3/t24-/m1/s1. The molecule has 5 rings (SSSR count). The summed E-state index contributed by atoms with van der Waals surface area (Å²) < 4.78 is 7.22. The van der Waals surface area contributed by atoms with Crippen LogP contribution in [0.5, 0.6) is 5.75 Å². The number of carbonyl (C=O) groups excluding carboxylic acids is 1. The van der Waals surface area contributed by atoms with Gasteiger partial charge >= 0.3 is 0 Å². The first-order valence-electron chi connectivity index (χ1n) is 11.0. The van der Waals surface area contributed by atoms with Crippen molar-refractivity contribution in [2.75, 3.05) is 13.7 Å². The number of hydrogen-bond acceptors (Lipinski definition) is 5. The fraction of sp³-hybridized carbons (Fsp3) is 0.231. The number of likely N-dealkylation sites (tertiary alicyclic amines) is 1. The summed E-state index contributed by atoms with van der Waals surface area (Å²) in [6, 6.07) is 17.3. The highest BCUT2D eigenvalue weighted by Crippen LogP contribution is 2.33. The fourth-order valence-corrected chi connectivity index (χ4v) is 4.35. The molecule has 0 unspecified atom stereocenters. The zero-order chi connectivity index (χ0) is 22.6. The maximum atomic E-state index is 13.6. The highest BCUT2D eigenvalue weighted by Gasteiger charge is 2.32. The van der Waals surface area contributed by atoms with Crippen molar-refractivity contribution in [1.29, 1.82) is 0 Å². The lowest BCUT2D eigenvalue weighted by Crippen LogP contribution is -2.32. The third-order valence-corrected chi connectivity index (χ3v) is 6.04. The number of ether oxygens (including phenoxy) is 1. The van der Waals surface area contributed by atoms with Crippen LogP contribution in [0.4, 0.5) is 0 Å². The van der Waals surface area contributed by atoms with Crippen LogP contribution in [0.15, 0.2) is 79.5 Å². The van der Waals surface area contributed by atoms with Gasteiger partial charge in [0.05, 0.1) is 25.2 Å². The number of imidazole rings is 1. The van der Waals surface area contributed by atoms with E-state index >= 15 is 0 Å². The molecule has 4 aromatic rings. The van der Waals surface area contributed by atoms with Crippen molar-refractivity contribution in [3.8, 4) is 17.1 Å². The van der Waals surface area contributed by atoms with E-state index in [0.717, 1.165) is 41.0 Å². The lowest BCUT2D eigenvalue weighted by Gasteiger charge is -2.25. The lowest BCUT2D eigenvalue weighted by atomic mass is 10.0. The Labute approximate surface area is 192 Å². The second-order valence-electron chi connectivity index (χ2n) is 8.08. The number of carbonyl (C=O) groups is 1. The average Bonchev–Trinajstić information content (AvgIpc) is 3.57. The summed E-state index contributed by atoms with van der Waals surface area (Å²) in [7, 11) is 1.64. The van der Waals surface area contributed by atoms with Crippen molar-refractivity contribution in [2.45, 2.75) is 25.4 Å². The second kappa shape index (κ2) is 9.24. The molecule has 0 bridgehead atoms. The van der Waals surface area contributed by atoms with Gasteiger partial charge < -0.3 is 14.2 Å². The van der Waals surface area contributed by atoms with Gasteiger partial charge in [0.1, 0.15) is 5.75 Å². The molecule has 0 N–H and O–H groups in total. The van der Waals surface area contributed by atoms with E-state index in [9.17, 15) is 4.79 Å². The quantitative estimate of drug-likeness (QED) is 0.446. The van der Waals surface area contributed by atoms with E-state index in [2.05, 4.69) is 9.97 Å². The van der Waals surface area contributed by atoms with Gasteiger partial charge in [-0.1, -0.05) is 18.2 Å². The smallest absolute Gasteiger partial charge is 0.254 e. The predicted molar refractivity (Wildman–Crippen MR) is 125 cm³/mol. The Kier molecular flexibility index (Phi) is 5.85. The molecule has 7 heteroatoms. The molecule has 0 aliphatic carbocycles. The van der Waals surface area contributed by atoms with Gasteiger partial charge in [0, 0.05) is 42.8 Å². The minimum Gasteiger partial charge on any atom is -0.497 e. The van der Waals surface area contributed by atoms with Crippen LogP contribution >= 0.6 is 0 Å². The highest BCUT2D eigenvalue weighted by atomic mass is 16.5. The van der Waals surface area contributed by atoms with Crippen LogP contribution in [-0.4, -0.2) is 44.0 Å². The molecule has 33 heavy (non-hydrogen) atoms. The lowest BCUT2D eigenvalue weighted by molar-refractivity contribution is 0.0731. The number of benzene rings is 2. The van der Waals surface area contributed by atoms with Crippen LogP contribution in [0.25, 0.3) is 11.4 Å². The molecule has 1 fully saturated rings. The normalized spacial score (nSPS) is 15.5. The summed E-state index contributed by atoms with van der Waals surface area (Å²) in [5, 5.41) is 0. The number of nitrogens with zero attached hydrogens (tertiary/aromatic N) is 5. The molecule has 1 aliphatic heterocycles. The molecule has 0 spiro atoms. The largest absolute Gasteiger partial charge is 0.497 e. The Bertz CT molecular complexity index is 1240. The van der Waals surface area contributed by atoms with E-state index in [0.29, 0.717) is 18.9 Å². The van der Waals surface area contributed by atoms with Gasteiger partial charge in [-0.05, 0) is 54.8 Å². The summed E-state index contributed by atoms with van der Waals surface area (Å²) >= 11 is 0. The Morgan fingerprint density at radius 2 is 1.94 bits per heavy atom. The molecule has 1 saturated heterocycles. The van der Waals surface area contributed by atoms with Crippen LogP contribution in [0, 0.1) is 0 Å². The molecule has 2 aromatic heterocycles. The van der Waals surface area contributed by atoms with Crippen LogP contribution in [-0.2, 0) is 6.54 Å². The van der Waals surface area contributed by atoms with Crippen molar-refractivity contribution in [3.05, 3.63) is 96.3 Å². The van der Waals surface area contributed by atoms with Crippen molar-refractivity contribution >= 4 is 5.91 Å². The third-order valence-electron chi connectivity index (χ3n) is 6.04. The Morgan fingerprint density at radius 3 is 2.73 bits per heavy atom. The molecule has 3 heterocycles. The summed E-state index contributed by atoms with van der Waals surface area (Å²) in [6.07, 6.45) is 9.02. The molecule has 1 aliphatic rings. The maximum absolute atomic E-state index is 13.6. The van der Waals surface area contributed by atoms with Gasteiger partial charge in [0.15, 0.2) is 5.82 Å². The number of rotatable bonds is 6. The first kappa shape index (κ1) is 20.9. The number of aromatic nitrogens is 4. The topological polar surface area (TPSA) is 73.1 Å². The Balaban J connectivity index is 1.41. The second-order valence-corrected chi connectivity index (χ2v) is 8.08. The zero-order valence-corrected chi connectivity index (χ0v) is 18.5. The molecule has 166 valence electrons. The minimum absolute atomic E-state index is 0.0397. The van der Waals surface area contributed by atoms with E-state index in [-0.39, 0.29) is 11.9 Å². The van der Waals surface area contributed by atoms with Crippen LogP contribution in [0.2, 0.25) is 0 Å². The van der Waals surface area contributed by atoms with Gasteiger partial charge in [0.25, 0.3) is 5.91 Å². The van der Waals surface area contributed by atoms with E-state index in [1.165, 1.54) is 0 Å². The van der Waals surface area contributed by atoms with Crippen molar-refractivity contribution in [2.24, 2.45) is 0 Å². The zero-order valence-electron chi connectivity index (χ0n) is 18.5. The minimum atomic E-state index is -0.0706. The molecule has 7 nitrogen and oxygen atoms in total. The van der Waals surface area contributed by atoms with Crippen molar-refractivity contribution in [3.63, 3.8) is 0 Å². The van der Waals surface area contributed by atoms with Gasteiger partial charge in [-0.3, -0.25) is 4.79 Å². The van der Waals surface area contributed by atoms with E-state index in [4.69, 9.17) is 9.72 Å². The Hall–Kier alpha value is -4.00. The summed E-state index contributed by atoms with van der Waals surface area (Å²) in [4.78, 5) is 29.0. The number of methoxy groups -OCH3 is 1. The molecule has 0 saturated carbocycles. The number of hydrogen-bond donors (Lipinski definition) is 0.